The van der Waals surface area contributed by atoms with E-state index in [1.165, 1.54) is 7.11 Å². The van der Waals surface area contributed by atoms with Gasteiger partial charge in [-0.2, -0.15) is 0 Å². The summed E-state index contributed by atoms with van der Waals surface area (Å²) >= 11 is 0. The smallest absolute Gasteiger partial charge is 0.408 e. The van der Waals surface area contributed by atoms with Crippen LogP contribution in [-0.2, 0) is 46.4 Å². The number of fused-ring (bicyclic) bond motifs is 1. The van der Waals surface area contributed by atoms with Crippen LogP contribution in [0.15, 0.2) is 60.7 Å². The molecule has 9 nitrogen and oxygen atoms in total. The lowest BCUT2D eigenvalue weighted by molar-refractivity contribution is -0.223. The SMILES string of the molecule is COC(=O)[C@@H](NC(=O)OCc1ccccc1)[C@H]1O[C@@H]2OC(C)(C)O[C@@H]2[C@H]1OCc1ccccc1. The number of hydrogen-bond acceptors (Lipinski definition) is 8. The van der Waals surface area contributed by atoms with Crippen LogP contribution in [0.3, 0.4) is 0 Å². The van der Waals surface area contributed by atoms with Crippen molar-refractivity contribution in [1.82, 2.24) is 5.32 Å². The van der Waals surface area contributed by atoms with Gasteiger partial charge >= 0.3 is 12.1 Å². The van der Waals surface area contributed by atoms with Gasteiger partial charge in [0.15, 0.2) is 18.1 Å². The number of ether oxygens (including phenoxy) is 6. The zero-order chi connectivity index (χ0) is 24.1. The van der Waals surface area contributed by atoms with E-state index >= 15 is 0 Å². The molecule has 0 bridgehead atoms. The Hall–Kier alpha value is -2.98. The van der Waals surface area contributed by atoms with Crippen molar-refractivity contribution in [2.75, 3.05) is 7.11 Å². The van der Waals surface area contributed by atoms with Crippen molar-refractivity contribution in [3.63, 3.8) is 0 Å². The Bertz CT molecular complexity index is 967. The molecule has 2 aliphatic heterocycles. The molecule has 5 atom stereocenters. The Balaban J connectivity index is 1.48. The van der Waals surface area contributed by atoms with E-state index < -0.39 is 48.5 Å². The normalized spacial score (nSPS) is 25.9. The predicted molar refractivity (Wildman–Crippen MR) is 119 cm³/mol. The van der Waals surface area contributed by atoms with Crippen molar-refractivity contribution < 1.29 is 38.0 Å². The molecule has 2 aliphatic rings. The fraction of sp³-hybridized carbons (Fsp3) is 0.440. The van der Waals surface area contributed by atoms with Crippen LogP contribution < -0.4 is 5.32 Å². The average molecular weight is 472 g/mol. The van der Waals surface area contributed by atoms with E-state index in [0.29, 0.717) is 0 Å². The Morgan fingerprint density at radius 2 is 1.59 bits per heavy atom. The summed E-state index contributed by atoms with van der Waals surface area (Å²) < 4.78 is 34.3. The van der Waals surface area contributed by atoms with Crippen LogP contribution in [0.1, 0.15) is 25.0 Å². The summed E-state index contributed by atoms with van der Waals surface area (Å²) in [6, 6.07) is 17.6. The highest BCUT2D eigenvalue weighted by molar-refractivity contribution is 5.82. The van der Waals surface area contributed by atoms with Gasteiger partial charge in [0.2, 0.25) is 0 Å². The maximum absolute atomic E-state index is 12.7. The molecule has 2 aromatic carbocycles. The van der Waals surface area contributed by atoms with Crippen LogP contribution in [-0.4, -0.2) is 55.6 Å². The number of amides is 1. The molecular weight excluding hydrogens is 442 g/mol. The van der Waals surface area contributed by atoms with Crippen molar-refractivity contribution in [3.05, 3.63) is 71.8 Å². The second-order valence-corrected chi connectivity index (χ2v) is 8.54. The molecule has 1 amide bonds. The molecule has 0 saturated carbocycles. The van der Waals surface area contributed by atoms with Gasteiger partial charge in [-0.15, -0.1) is 0 Å². The highest BCUT2D eigenvalue weighted by Crippen LogP contribution is 2.40. The first-order valence-electron chi connectivity index (χ1n) is 11.1. The van der Waals surface area contributed by atoms with Crippen molar-refractivity contribution in [2.45, 2.75) is 63.5 Å². The molecule has 0 spiro atoms. The summed E-state index contributed by atoms with van der Waals surface area (Å²) in [5.74, 6) is -1.58. The molecule has 0 aliphatic carbocycles. The molecule has 9 heteroatoms. The molecular formula is C25H29NO8. The Morgan fingerprint density at radius 3 is 2.21 bits per heavy atom. The first-order chi connectivity index (χ1) is 16.4. The van der Waals surface area contributed by atoms with E-state index in [1.807, 2.05) is 60.7 Å². The Labute approximate surface area is 198 Å². The second kappa shape index (κ2) is 10.5. The zero-order valence-electron chi connectivity index (χ0n) is 19.3. The van der Waals surface area contributed by atoms with Crippen LogP contribution in [0.5, 0.6) is 0 Å². The summed E-state index contributed by atoms with van der Waals surface area (Å²) in [7, 11) is 1.23. The van der Waals surface area contributed by atoms with Crippen molar-refractivity contribution in [3.8, 4) is 0 Å². The van der Waals surface area contributed by atoms with E-state index in [1.54, 1.807) is 13.8 Å². The number of carbonyl (C=O) groups excluding carboxylic acids is 2. The first-order valence-corrected chi connectivity index (χ1v) is 11.1. The van der Waals surface area contributed by atoms with Gasteiger partial charge in [0.1, 0.15) is 24.9 Å². The van der Waals surface area contributed by atoms with Crippen molar-refractivity contribution in [1.29, 1.82) is 0 Å². The van der Waals surface area contributed by atoms with Gasteiger partial charge in [0.05, 0.1) is 13.7 Å². The molecule has 2 aromatic rings. The quantitative estimate of drug-likeness (QED) is 0.587. The lowest BCUT2D eigenvalue weighted by Gasteiger charge is -2.30. The van der Waals surface area contributed by atoms with Gasteiger partial charge in [-0.3, -0.25) is 0 Å². The number of nitrogens with one attached hydrogen (secondary N) is 1. The molecule has 182 valence electrons. The Morgan fingerprint density at radius 1 is 0.971 bits per heavy atom. The lowest BCUT2D eigenvalue weighted by Crippen LogP contribution is -2.54. The fourth-order valence-electron chi connectivity index (χ4n) is 4.02. The first kappa shape index (κ1) is 24.2. The van der Waals surface area contributed by atoms with Gasteiger partial charge in [0, 0.05) is 0 Å². The highest BCUT2D eigenvalue weighted by Gasteiger charge is 2.58. The third kappa shape index (κ3) is 5.74. The van der Waals surface area contributed by atoms with Gasteiger partial charge in [-0.05, 0) is 25.0 Å². The van der Waals surface area contributed by atoms with Gasteiger partial charge in [-0.1, -0.05) is 60.7 Å². The third-order valence-electron chi connectivity index (χ3n) is 5.58. The number of hydrogen-bond donors (Lipinski definition) is 1. The largest absolute Gasteiger partial charge is 0.467 e. The molecule has 2 saturated heterocycles. The number of carbonyl (C=O) groups is 2. The van der Waals surface area contributed by atoms with E-state index in [4.69, 9.17) is 28.4 Å². The number of alkyl carbamates (subject to hydrolysis) is 1. The average Bonchev–Trinajstić information content (AvgIpc) is 3.32. The minimum Gasteiger partial charge on any atom is -0.467 e. The van der Waals surface area contributed by atoms with E-state index in [0.717, 1.165) is 11.1 Å². The standard InChI is InChI=1S/C25H29NO8/c1-25(2)33-21-20(30-14-16-10-6-4-7-11-16)19(32-23(21)34-25)18(22(27)29-3)26-24(28)31-15-17-12-8-5-9-13-17/h4-13,18-21,23H,14-15H2,1-3H3,(H,26,28)/t18-,19+,20-,21+,23+/m0/s1. The molecule has 2 heterocycles. The van der Waals surface area contributed by atoms with Crippen LogP contribution in [0, 0.1) is 0 Å². The van der Waals surface area contributed by atoms with E-state index in [-0.39, 0.29) is 13.2 Å². The van der Waals surface area contributed by atoms with Crippen molar-refractivity contribution >= 4 is 12.1 Å². The maximum atomic E-state index is 12.7. The summed E-state index contributed by atoms with van der Waals surface area (Å²) in [5.41, 5.74) is 1.75. The molecule has 0 aromatic heterocycles. The van der Waals surface area contributed by atoms with E-state index in [9.17, 15) is 9.59 Å². The minimum absolute atomic E-state index is 0.0473. The monoisotopic (exact) mass is 471 g/mol. The Kier molecular flexibility index (Phi) is 7.47. The van der Waals surface area contributed by atoms with Crippen molar-refractivity contribution in [2.24, 2.45) is 0 Å². The van der Waals surface area contributed by atoms with Crippen LogP contribution >= 0.6 is 0 Å². The molecule has 1 N–H and O–H groups in total. The lowest BCUT2D eigenvalue weighted by atomic mass is 10.0. The number of rotatable bonds is 8. The van der Waals surface area contributed by atoms with Crippen LogP contribution in [0.4, 0.5) is 4.79 Å². The molecule has 4 rings (SSSR count). The molecule has 0 radical (unpaired) electrons. The van der Waals surface area contributed by atoms with Gasteiger partial charge in [-0.25, -0.2) is 9.59 Å². The number of methoxy groups -OCH3 is 1. The molecule has 0 unspecified atom stereocenters. The minimum atomic E-state index is -1.20. The zero-order valence-corrected chi connectivity index (χ0v) is 19.3. The molecule has 2 fully saturated rings. The van der Waals surface area contributed by atoms with Crippen LogP contribution in [0.2, 0.25) is 0 Å². The summed E-state index contributed by atoms with van der Waals surface area (Å²) in [5, 5.41) is 2.57. The third-order valence-corrected chi connectivity index (χ3v) is 5.58. The second-order valence-electron chi connectivity index (χ2n) is 8.54. The highest BCUT2D eigenvalue weighted by atomic mass is 16.8. The summed E-state index contributed by atoms with van der Waals surface area (Å²) in [6.07, 6.45) is -3.80. The fourth-order valence-corrected chi connectivity index (χ4v) is 4.02. The molecule has 34 heavy (non-hydrogen) atoms. The summed E-state index contributed by atoms with van der Waals surface area (Å²) in [6.45, 7) is 3.85. The van der Waals surface area contributed by atoms with Gasteiger partial charge in [0.25, 0.3) is 0 Å². The topological polar surface area (TPSA) is 102 Å². The predicted octanol–water partition coefficient (Wildman–Crippen LogP) is 2.92. The summed E-state index contributed by atoms with van der Waals surface area (Å²) in [4.78, 5) is 25.2. The maximum Gasteiger partial charge on any atom is 0.408 e. The number of benzene rings is 2. The van der Waals surface area contributed by atoms with Crippen LogP contribution in [0.25, 0.3) is 0 Å². The van der Waals surface area contributed by atoms with E-state index in [2.05, 4.69) is 5.32 Å². The number of esters is 1. The van der Waals surface area contributed by atoms with Gasteiger partial charge < -0.3 is 33.7 Å².